The first-order chi connectivity index (χ1) is 14.8. The van der Waals surface area contributed by atoms with E-state index in [9.17, 15) is 28.9 Å². The largest absolute Gasteiger partial charge is 0.497 e. The predicted molar refractivity (Wildman–Crippen MR) is 108 cm³/mol. The fourth-order valence-electron chi connectivity index (χ4n) is 2.46. The van der Waals surface area contributed by atoms with Crippen LogP contribution in [-0.4, -0.2) is 36.4 Å². The van der Waals surface area contributed by atoms with Crippen LogP contribution in [-0.2, 0) is 19.1 Å². The van der Waals surface area contributed by atoms with Gasteiger partial charge in [-0.05, 0) is 36.8 Å². The number of carbonyl (C=O) groups excluding carboxylic acids is 3. The van der Waals surface area contributed by atoms with Crippen LogP contribution in [0, 0.1) is 15.9 Å². The summed E-state index contributed by atoms with van der Waals surface area (Å²) < 4.78 is 22.6. The third-order valence-electron chi connectivity index (χ3n) is 3.95. The van der Waals surface area contributed by atoms with Crippen molar-refractivity contribution in [3.8, 4) is 5.75 Å². The Labute approximate surface area is 176 Å². The number of esters is 1. The summed E-state index contributed by atoms with van der Waals surface area (Å²) in [7, 11) is 1.37. The Morgan fingerprint density at radius 2 is 1.74 bits per heavy atom. The molecule has 0 radical (unpaired) electrons. The van der Waals surface area contributed by atoms with E-state index in [0.29, 0.717) is 11.4 Å². The van der Waals surface area contributed by atoms with E-state index >= 15 is 0 Å². The van der Waals surface area contributed by atoms with Crippen molar-refractivity contribution in [1.82, 2.24) is 0 Å². The molecule has 0 unspecified atom stereocenters. The van der Waals surface area contributed by atoms with Crippen LogP contribution < -0.4 is 15.4 Å². The van der Waals surface area contributed by atoms with E-state index in [-0.39, 0.29) is 36.5 Å². The van der Waals surface area contributed by atoms with Crippen LogP contribution in [0.15, 0.2) is 42.5 Å². The van der Waals surface area contributed by atoms with Crippen molar-refractivity contribution in [2.75, 3.05) is 24.4 Å². The number of nitro benzene ring substituents is 1. The molecule has 11 heteroatoms. The summed E-state index contributed by atoms with van der Waals surface area (Å²) >= 11 is 0. The highest BCUT2D eigenvalue weighted by Crippen LogP contribution is 2.28. The summed E-state index contributed by atoms with van der Waals surface area (Å²) in [5, 5.41) is 15.9. The zero-order valence-electron chi connectivity index (χ0n) is 16.6. The van der Waals surface area contributed by atoms with Gasteiger partial charge in [-0.1, -0.05) is 0 Å². The van der Waals surface area contributed by atoms with E-state index in [4.69, 9.17) is 9.47 Å². The number of hydrogen-bond acceptors (Lipinski definition) is 7. The smallest absolute Gasteiger partial charge is 0.306 e. The molecule has 2 aromatic carbocycles. The number of ether oxygens (including phenoxy) is 2. The highest BCUT2D eigenvalue weighted by atomic mass is 19.1. The van der Waals surface area contributed by atoms with Gasteiger partial charge < -0.3 is 20.1 Å². The fraction of sp³-hybridized carbons (Fsp3) is 0.250. The Morgan fingerprint density at radius 1 is 1.03 bits per heavy atom. The molecule has 2 rings (SSSR count). The number of methoxy groups -OCH3 is 1. The standard InChI is InChI=1S/C20H20FN3O7/c1-30-15-9-10-17(24(28)29)16(11-15)23-19(26)12-31-20(27)4-2-3-18(25)22-14-7-5-13(21)6-8-14/h5-11H,2-4,12H2,1H3,(H,22,25)(H,23,26). The van der Waals surface area contributed by atoms with E-state index in [1.165, 1.54) is 49.6 Å². The Kier molecular flexibility index (Phi) is 8.43. The van der Waals surface area contributed by atoms with Crippen molar-refractivity contribution in [3.63, 3.8) is 0 Å². The molecule has 2 N–H and O–H groups in total. The van der Waals surface area contributed by atoms with Gasteiger partial charge in [-0.2, -0.15) is 0 Å². The number of anilines is 2. The number of carbonyl (C=O) groups is 3. The maximum atomic E-state index is 12.8. The maximum Gasteiger partial charge on any atom is 0.306 e. The van der Waals surface area contributed by atoms with Crippen LogP contribution >= 0.6 is 0 Å². The van der Waals surface area contributed by atoms with E-state index in [1.807, 2.05) is 0 Å². The predicted octanol–water partition coefficient (Wildman–Crippen LogP) is 3.03. The zero-order chi connectivity index (χ0) is 22.8. The van der Waals surface area contributed by atoms with Crippen LogP contribution in [0.3, 0.4) is 0 Å². The number of benzene rings is 2. The normalized spacial score (nSPS) is 10.1. The van der Waals surface area contributed by atoms with E-state index in [1.54, 1.807) is 0 Å². The molecule has 2 amide bonds. The molecule has 0 saturated heterocycles. The van der Waals surface area contributed by atoms with Crippen LogP contribution in [0.2, 0.25) is 0 Å². The van der Waals surface area contributed by atoms with Gasteiger partial charge in [0.05, 0.1) is 12.0 Å². The molecule has 0 aliphatic rings. The average Bonchev–Trinajstić information content (AvgIpc) is 2.73. The quantitative estimate of drug-likeness (QED) is 0.334. The first-order valence-electron chi connectivity index (χ1n) is 9.12. The highest BCUT2D eigenvalue weighted by molar-refractivity contribution is 5.95. The second kappa shape index (κ2) is 11.2. The highest BCUT2D eigenvalue weighted by Gasteiger charge is 2.18. The molecular formula is C20H20FN3O7. The SMILES string of the molecule is COc1ccc([N+](=O)[O-])c(NC(=O)COC(=O)CCCC(=O)Nc2ccc(F)cc2)c1. The van der Waals surface area contributed by atoms with Gasteiger partial charge >= 0.3 is 5.97 Å². The molecule has 0 aliphatic carbocycles. The lowest BCUT2D eigenvalue weighted by molar-refractivity contribution is -0.383. The second-order valence-electron chi connectivity index (χ2n) is 6.26. The van der Waals surface area contributed by atoms with Gasteiger partial charge in [0.25, 0.3) is 11.6 Å². The monoisotopic (exact) mass is 433 g/mol. The number of nitrogens with zero attached hydrogens (tertiary/aromatic N) is 1. The molecular weight excluding hydrogens is 413 g/mol. The van der Waals surface area contributed by atoms with E-state index in [2.05, 4.69) is 10.6 Å². The number of rotatable bonds is 10. The first kappa shape index (κ1) is 23.3. The minimum Gasteiger partial charge on any atom is -0.497 e. The van der Waals surface area contributed by atoms with Gasteiger partial charge in [-0.25, -0.2) is 4.39 Å². The molecule has 2 aromatic rings. The molecule has 0 aliphatic heterocycles. The van der Waals surface area contributed by atoms with Crippen LogP contribution in [0.25, 0.3) is 0 Å². The Bertz CT molecular complexity index is 964. The van der Waals surface area contributed by atoms with Crippen molar-refractivity contribution >= 4 is 34.8 Å². The second-order valence-corrected chi connectivity index (χ2v) is 6.26. The number of nitro groups is 1. The molecule has 0 heterocycles. The van der Waals surface area contributed by atoms with Crippen molar-refractivity contribution in [3.05, 3.63) is 58.4 Å². The lowest BCUT2D eigenvalue weighted by Gasteiger charge is -2.09. The summed E-state index contributed by atoms with van der Waals surface area (Å²) in [6.45, 7) is -0.644. The lowest BCUT2D eigenvalue weighted by atomic mass is 10.2. The van der Waals surface area contributed by atoms with E-state index < -0.39 is 29.2 Å². The zero-order valence-corrected chi connectivity index (χ0v) is 16.6. The fourth-order valence-corrected chi connectivity index (χ4v) is 2.46. The van der Waals surface area contributed by atoms with Crippen molar-refractivity contribution < 1.29 is 33.2 Å². The summed E-state index contributed by atoms with van der Waals surface area (Å²) in [6, 6.07) is 9.06. The van der Waals surface area contributed by atoms with Crippen LogP contribution in [0.1, 0.15) is 19.3 Å². The van der Waals surface area contributed by atoms with Gasteiger partial charge in [-0.3, -0.25) is 24.5 Å². The minimum atomic E-state index is -0.765. The summed E-state index contributed by atoms with van der Waals surface area (Å²) in [4.78, 5) is 45.9. The van der Waals surface area contributed by atoms with E-state index in [0.717, 1.165) is 0 Å². The number of hydrogen-bond donors (Lipinski definition) is 2. The molecule has 10 nitrogen and oxygen atoms in total. The molecule has 0 bridgehead atoms. The Balaban J connectivity index is 1.73. The average molecular weight is 433 g/mol. The van der Waals surface area contributed by atoms with Crippen LogP contribution in [0.5, 0.6) is 5.75 Å². The lowest BCUT2D eigenvalue weighted by Crippen LogP contribution is -2.21. The van der Waals surface area contributed by atoms with Gasteiger partial charge in [0, 0.05) is 30.7 Å². The molecule has 31 heavy (non-hydrogen) atoms. The van der Waals surface area contributed by atoms with Gasteiger partial charge in [0.15, 0.2) is 6.61 Å². The van der Waals surface area contributed by atoms with Crippen molar-refractivity contribution in [2.24, 2.45) is 0 Å². The summed E-state index contributed by atoms with van der Waals surface area (Å²) in [5.41, 5.74) is -0.00668. The number of amides is 2. The van der Waals surface area contributed by atoms with Crippen molar-refractivity contribution in [2.45, 2.75) is 19.3 Å². The van der Waals surface area contributed by atoms with Gasteiger partial charge in [0.1, 0.15) is 17.3 Å². The topological polar surface area (TPSA) is 137 Å². The third kappa shape index (κ3) is 7.72. The Hall–Kier alpha value is -4.02. The van der Waals surface area contributed by atoms with Crippen LogP contribution in [0.4, 0.5) is 21.5 Å². The van der Waals surface area contributed by atoms with Crippen molar-refractivity contribution in [1.29, 1.82) is 0 Å². The third-order valence-corrected chi connectivity index (χ3v) is 3.95. The molecule has 0 spiro atoms. The number of nitrogens with one attached hydrogen (secondary N) is 2. The minimum absolute atomic E-state index is 0.0225. The summed E-state index contributed by atoms with van der Waals surface area (Å²) in [6.07, 6.45) is 0.0902. The maximum absolute atomic E-state index is 12.8. The first-order valence-corrected chi connectivity index (χ1v) is 9.12. The number of halogens is 1. The summed E-state index contributed by atoms with van der Waals surface area (Å²) in [5.74, 6) is -1.95. The molecule has 0 saturated carbocycles. The molecule has 164 valence electrons. The Morgan fingerprint density at radius 3 is 2.39 bits per heavy atom. The molecule has 0 fully saturated rings. The molecule has 0 atom stereocenters. The van der Waals surface area contributed by atoms with Gasteiger partial charge in [-0.15, -0.1) is 0 Å². The molecule has 0 aromatic heterocycles. The van der Waals surface area contributed by atoms with Gasteiger partial charge in [0.2, 0.25) is 5.91 Å².